The smallest absolute Gasteiger partial charge is 0.398 e. The van der Waals surface area contributed by atoms with Crippen LogP contribution in [0.15, 0.2) is 48.7 Å². The third kappa shape index (κ3) is 2.87. The van der Waals surface area contributed by atoms with Crippen LogP contribution in [0, 0.1) is 0 Å². The molecule has 3 rings (SSSR count). The monoisotopic (exact) mass is 346 g/mol. The normalized spacial score (nSPS) is 11.5. The minimum atomic E-state index is -4.34. The number of hydrogen-bond donors (Lipinski definition) is 1. The van der Waals surface area contributed by atoms with Crippen LogP contribution in [0.3, 0.4) is 0 Å². The Hall–Kier alpha value is -1.85. The first-order valence-corrected chi connectivity index (χ1v) is 6.48. The van der Waals surface area contributed by atoms with Crippen molar-refractivity contribution in [3.8, 4) is 5.69 Å². The van der Waals surface area contributed by atoms with E-state index in [0.717, 1.165) is 23.0 Å². The number of nitrogens with zero attached hydrogens (tertiary/aromatic N) is 1. The lowest BCUT2D eigenvalue weighted by molar-refractivity contribution is -0.137. The molecule has 0 spiro atoms. The van der Waals surface area contributed by atoms with Gasteiger partial charge in [-0.25, -0.2) is 0 Å². The number of aromatic nitrogens is 1. The van der Waals surface area contributed by atoms with E-state index in [2.05, 4.69) is 0 Å². The zero-order chi connectivity index (χ0) is 15.2. The lowest BCUT2D eigenvalue weighted by Gasteiger charge is -2.10. The summed E-state index contributed by atoms with van der Waals surface area (Å²) in [6.45, 7) is 0. The molecule has 0 bridgehead atoms. The zero-order valence-electron chi connectivity index (χ0n) is 11.1. The van der Waals surface area contributed by atoms with E-state index in [9.17, 15) is 13.2 Å². The highest BCUT2D eigenvalue weighted by Gasteiger charge is 2.30. The second-order valence-corrected chi connectivity index (χ2v) is 5.07. The molecule has 0 aliphatic carbocycles. The lowest BCUT2D eigenvalue weighted by Crippen LogP contribution is -2.04. The van der Waals surface area contributed by atoms with E-state index in [1.165, 1.54) is 12.1 Å². The zero-order valence-corrected chi connectivity index (χ0v) is 12.6. The second kappa shape index (κ2) is 5.74. The molecule has 0 atom stereocenters. The van der Waals surface area contributed by atoms with Crippen molar-refractivity contribution in [2.24, 2.45) is 0 Å². The minimum Gasteiger partial charge on any atom is -0.398 e. The lowest BCUT2D eigenvalue weighted by atomic mass is 10.2. The largest absolute Gasteiger partial charge is 0.416 e. The second-order valence-electron chi connectivity index (χ2n) is 4.66. The molecule has 0 saturated heterocycles. The molecule has 2 N–H and O–H groups in total. The Balaban J connectivity index is 0.00000176. The Morgan fingerprint density at radius 2 is 1.64 bits per heavy atom. The summed E-state index contributed by atoms with van der Waals surface area (Å²) in [5.74, 6) is 0. The van der Waals surface area contributed by atoms with Gasteiger partial charge in [0.2, 0.25) is 0 Å². The predicted molar refractivity (Wildman–Crippen MR) is 84.9 cm³/mol. The molecule has 116 valence electrons. The van der Waals surface area contributed by atoms with Crippen LogP contribution in [0.4, 0.5) is 18.9 Å². The number of fused-ring (bicyclic) bond motifs is 1. The van der Waals surface area contributed by atoms with E-state index in [1.54, 1.807) is 22.9 Å². The summed E-state index contributed by atoms with van der Waals surface area (Å²) in [7, 11) is 0. The Morgan fingerprint density at radius 1 is 1.00 bits per heavy atom. The van der Waals surface area contributed by atoms with Crippen molar-refractivity contribution >= 4 is 40.6 Å². The molecule has 0 aliphatic rings. The van der Waals surface area contributed by atoms with Crippen LogP contribution >= 0.6 is 24.0 Å². The van der Waals surface area contributed by atoms with Crippen molar-refractivity contribution in [2.45, 2.75) is 6.18 Å². The fourth-order valence-electron chi connectivity index (χ4n) is 2.21. The van der Waals surface area contributed by atoms with E-state index >= 15 is 0 Å². The van der Waals surface area contributed by atoms with Gasteiger partial charge in [0.25, 0.3) is 0 Å². The van der Waals surface area contributed by atoms with Gasteiger partial charge in [-0.2, -0.15) is 13.2 Å². The van der Waals surface area contributed by atoms with Gasteiger partial charge in [0.05, 0.1) is 21.8 Å². The molecule has 0 fully saturated rings. The molecule has 22 heavy (non-hydrogen) atoms. The summed E-state index contributed by atoms with van der Waals surface area (Å²) in [4.78, 5) is 0. The molecule has 0 amide bonds. The summed E-state index contributed by atoms with van der Waals surface area (Å²) in [5, 5.41) is 1.28. The predicted octanol–water partition coefficient (Wildman–Crippen LogP) is 5.31. The number of benzene rings is 2. The topological polar surface area (TPSA) is 30.9 Å². The van der Waals surface area contributed by atoms with Crippen molar-refractivity contribution in [2.75, 3.05) is 5.73 Å². The fraction of sp³-hybridized carbons (Fsp3) is 0.0667. The molecule has 2 aromatic carbocycles. The number of nitrogen functional groups attached to an aromatic ring is 1. The first kappa shape index (κ1) is 16.5. The SMILES string of the molecule is Cl.Nc1cc2ccn(-c3ccc(C(F)(F)F)cc3)c2cc1Cl. The maximum Gasteiger partial charge on any atom is 0.416 e. The van der Waals surface area contributed by atoms with Gasteiger partial charge in [-0.05, 0) is 42.5 Å². The molecule has 0 saturated carbocycles. The Bertz CT molecular complexity index is 808. The third-order valence-corrected chi connectivity index (χ3v) is 3.61. The fourth-order valence-corrected chi connectivity index (χ4v) is 2.37. The van der Waals surface area contributed by atoms with Crippen molar-refractivity contribution in [1.29, 1.82) is 0 Å². The molecule has 3 aromatic rings. The quantitative estimate of drug-likeness (QED) is 0.595. The van der Waals surface area contributed by atoms with E-state index in [-0.39, 0.29) is 12.4 Å². The molecule has 2 nitrogen and oxygen atoms in total. The maximum atomic E-state index is 12.6. The van der Waals surface area contributed by atoms with Crippen LogP contribution in [0.5, 0.6) is 0 Å². The van der Waals surface area contributed by atoms with Crippen LogP contribution in [-0.4, -0.2) is 4.57 Å². The number of hydrogen-bond acceptors (Lipinski definition) is 1. The third-order valence-electron chi connectivity index (χ3n) is 3.28. The van der Waals surface area contributed by atoms with Gasteiger partial charge in [-0.1, -0.05) is 11.6 Å². The first-order chi connectivity index (χ1) is 9.86. The molecular weight excluding hydrogens is 336 g/mol. The van der Waals surface area contributed by atoms with Gasteiger partial charge in [0, 0.05) is 17.3 Å². The van der Waals surface area contributed by atoms with Gasteiger partial charge in [-0.3, -0.25) is 0 Å². The van der Waals surface area contributed by atoms with Crippen LogP contribution < -0.4 is 5.73 Å². The average molecular weight is 347 g/mol. The highest BCUT2D eigenvalue weighted by Crippen LogP contribution is 2.31. The van der Waals surface area contributed by atoms with E-state index < -0.39 is 11.7 Å². The number of alkyl halides is 3. The van der Waals surface area contributed by atoms with Crippen molar-refractivity contribution in [3.63, 3.8) is 0 Å². The molecule has 0 radical (unpaired) electrons. The van der Waals surface area contributed by atoms with E-state index in [0.29, 0.717) is 16.4 Å². The summed E-state index contributed by atoms with van der Waals surface area (Å²) in [6.07, 6.45) is -2.57. The molecular formula is C15H11Cl2F3N2. The van der Waals surface area contributed by atoms with E-state index in [4.69, 9.17) is 17.3 Å². The van der Waals surface area contributed by atoms with Gasteiger partial charge in [0.1, 0.15) is 0 Å². The Kier molecular flexibility index (Phi) is 4.31. The molecule has 0 aliphatic heterocycles. The van der Waals surface area contributed by atoms with E-state index in [1.807, 2.05) is 6.07 Å². The van der Waals surface area contributed by atoms with Crippen LogP contribution in [-0.2, 0) is 6.18 Å². The Labute approximate surface area is 135 Å². The number of rotatable bonds is 1. The highest BCUT2D eigenvalue weighted by molar-refractivity contribution is 6.33. The van der Waals surface area contributed by atoms with Crippen LogP contribution in [0.25, 0.3) is 16.6 Å². The average Bonchev–Trinajstić information content (AvgIpc) is 2.81. The van der Waals surface area contributed by atoms with Gasteiger partial charge in [0.15, 0.2) is 0 Å². The van der Waals surface area contributed by atoms with Crippen molar-refractivity contribution in [3.05, 3.63) is 59.2 Å². The van der Waals surface area contributed by atoms with Gasteiger partial charge in [-0.15, -0.1) is 12.4 Å². The summed E-state index contributed by atoms with van der Waals surface area (Å²) in [5.41, 5.74) is 6.94. The minimum absolute atomic E-state index is 0. The van der Waals surface area contributed by atoms with Crippen molar-refractivity contribution < 1.29 is 13.2 Å². The standard InChI is InChI=1S/C15H10ClF3N2.ClH/c16-12-8-14-9(7-13(12)20)5-6-21(14)11-3-1-10(2-4-11)15(17,18)19;/h1-8H,20H2;1H. The van der Waals surface area contributed by atoms with Crippen molar-refractivity contribution in [1.82, 2.24) is 4.57 Å². The molecule has 7 heteroatoms. The summed E-state index contributed by atoms with van der Waals surface area (Å²) >= 11 is 6.00. The van der Waals surface area contributed by atoms with Gasteiger partial charge < -0.3 is 10.3 Å². The Morgan fingerprint density at radius 3 is 2.23 bits per heavy atom. The first-order valence-electron chi connectivity index (χ1n) is 6.10. The highest BCUT2D eigenvalue weighted by atomic mass is 35.5. The van der Waals surface area contributed by atoms with Crippen LogP contribution in [0.2, 0.25) is 5.02 Å². The maximum absolute atomic E-state index is 12.6. The number of nitrogens with two attached hydrogens (primary N) is 1. The summed E-state index contributed by atoms with van der Waals surface area (Å²) < 4.78 is 39.5. The molecule has 0 unspecified atom stereocenters. The number of anilines is 1. The van der Waals surface area contributed by atoms with Crippen LogP contribution in [0.1, 0.15) is 5.56 Å². The molecule has 1 heterocycles. The number of halogens is 5. The molecule has 1 aromatic heterocycles. The summed E-state index contributed by atoms with van der Waals surface area (Å²) in [6, 6.07) is 10.2. The van der Waals surface area contributed by atoms with Gasteiger partial charge >= 0.3 is 6.18 Å².